The fourth-order valence-electron chi connectivity index (χ4n) is 1.29. The van der Waals surface area contributed by atoms with Crippen molar-refractivity contribution >= 4 is 0 Å². The van der Waals surface area contributed by atoms with E-state index in [0.29, 0.717) is 12.3 Å². The van der Waals surface area contributed by atoms with Crippen LogP contribution in [-0.4, -0.2) is 11.2 Å². The molecule has 0 saturated heterocycles. The Morgan fingerprint density at radius 1 is 0.792 bits per heavy atom. The van der Waals surface area contributed by atoms with Gasteiger partial charge in [0.25, 0.3) is 0 Å². The molecule has 2 unspecified atom stereocenters. The molecule has 0 spiro atoms. The average Bonchev–Trinajstić information content (AvgIpc) is 2.64. The van der Waals surface area contributed by atoms with E-state index in [4.69, 9.17) is 6.42 Å². The Bertz CT molecular complexity index is 135. The lowest BCUT2D eigenvalue weighted by molar-refractivity contribution is 0.148. The van der Waals surface area contributed by atoms with Crippen LogP contribution < -0.4 is 0 Å². The summed E-state index contributed by atoms with van der Waals surface area (Å²) in [6.45, 7) is 28.6. The summed E-state index contributed by atoms with van der Waals surface area (Å²) in [5.74, 6) is 3.07. The molecular weight excluding hydrogens is 292 g/mol. The van der Waals surface area contributed by atoms with Crippen LogP contribution in [0, 0.1) is 18.3 Å². The van der Waals surface area contributed by atoms with Crippen molar-refractivity contribution in [1.82, 2.24) is 0 Å². The van der Waals surface area contributed by atoms with Gasteiger partial charge in [-0.1, -0.05) is 116 Å². The van der Waals surface area contributed by atoms with Gasteiger partial charge in [-0.2, -0.15) is 0 Å². The highest BCUT2D eigenvalue weighted by Crippen LogP contribution is 2.13. The van der Waals surface area contributed by atoms with E-state index in [1.807, 2.05) is 69.2 Å². The van der Waals surface area contributed by atoms with E-state index in [0.717, 1.165) is 6.42 Å². The maximum Gasteiger partial charge on any atom is 0.0651 e. The van der Waals surface area contributed by atoms with Gasteiger partial charge in [-0.15, -0.1) is 12.3 Å². The standard InChI is InChI=1S/C10H18O.C3H8.5C2H6/c1-4-6-9(3)8-10(11)7-5-2;1-3-2;5*1-2/h2,9-11H,4,6-8H2,1,3H3;3H2,1-2H3;5*1-2H3. The van der Waals surface area contributed by atoms with Gasteiger partial charge in [0.1, 0.15) is 0 Å². The molecule has 0 radical (unpaired) electrons. The summed E-state index contributed by atoms with van der Waals surface area (Å²) in [5.41, 5.74) is 0. The van der Waals surface area contributed by atoms with Gasteiger partial charge in [0.15, 0.2) is 0 Å². The summed E-state index contributed by atoms with van der Waals surface area (Å²) in [6.07, 6.45) is 9.73. The number of rotatable bonds is 5. The largest absolute Gasteiger partial charge is 0.392 e. The molecule has 1 N–H and O–H groups in total. The molecule has 154 valence electrons. The van der Waals surface area contributed by atoms with Gasteiger partial charge in [-0.3, -0.25) is 0 Å². The van der Waals surface area contributed by atoms with E-state index in [1.165, 1.54) is 19.3 Å². The van der Waals surface area contributed by atoms with Gasteiger partial charge in [-0.25, -0.2) is 0 Å². The number of aliphatic hydroxyl groups is 1. The Hall–Kier alpha value is -0.480. The lowest BCUT2D eigenvalue weighted by Crippen LogP contribution is -2.10. The summed E-state index contributed by atoms with van der Waals surface area (Å²) in [7, 11) is 0. The first-order valence-corrected chi connectivity index (χ1v) is 10.7. The third-order valence-electron chi connectivity index (χ3n) is 1.81. The van der Waals surface area contributed by atoms with Crippen molar-refractivity contribution in [2.45, 2.75) is 135 Å². The van der Waals surface area contributed by atoms with Crippen LogP contribution in [0.2, 0.25) is 0 Å². The molecule has 0 aromatic carbocycles. The monoisotopic (exact) mass is 348 g/mol. The highest BCUT2D eigenvalue weighted by Gasteiger charge is 2.07. The van der Waals surface area contributed by atoms with Crippen LogP contribution in [0.25, 0.3) is 0 Å². The normalized spacial score (nSPS) is 9.08. The van der Waals surface area contributed by atoms with Crippen molar-refractivity contribution in [3.8, 4) is 12.3 Å². The maximum atomic E-state index is 9.30. The molecule has 0 amide bonds. The van der Waals surface area contributed by atoms with Crippen molar-refractivity contribution in [3.05, 3.63) is 0 Å². The summed E-state index contributed by atoms with van der Waals surface area (Å²) < 4.78 is 0. The predicted octanol–water partition coefficient (Wildman–Crippen LogP) is 8.74. The molecule has 0 aromatic rings. The second-order valence-electron chi connectivity index (χ2n) is 3.90. The van der Waals surface area contributed by atoms with Gasteiger partial charge in [0.05, 0.1) is 6.10 Å². The van der Waals surface area contributed by atoms with Gasteiger partial charge in [0, 0.05) is 6.42 Å². The van der Waals surface area contributed by atoms with Gasteiger partial charge in [0.2, 0.25) is 0 Å². The molecule has 0 aliphatic heterocycles. The number of hydrogen-bond acceptors (Lipinski definition) is 1. The first-order valence-electron chi connectivity index (χ1n) is 10.7. The van der Waals surface area contributed by atoms with Crippen molar-refractivity contribution < 1.29 is 5.11 Å². The van der Waals surface area contributed by atoms with Crippen LogP contribution in [0.15, 0.2) is 0 Å². The number of aliphatic hydroxyl groups excluding tert-OH is 1. The first kappa shape index (κ1) is 43.7. The van der Waals surface area contributed by atoms with Crippen molar-refractivity contribution in [3.63, 3.8) is 0 Å². The lowest BCUT2D eigenvalue weighted by atomic mass is 9.97. The van der Waals surface area contributed by atoms with E-state index in [1.54, 1.807) is 0 Å². The van der Waals surface area contributed by atoms with Crippen LogP contribution >= 0.6 is 0 Å². The molecule has 0 bridgehead atoms. The minimum atomic E-state index is -0.290. The number of hydrogen-bond donors (Lipinski definition) is 1. The second kappa shape index (κ2) is 78.6. The predicted molar refractivity (Wildman–Crippen MR) is 121 cm³/mol. The fourth-order valence-corrected chi connectivity index (χ4v) is 1.29. The Kier molecular flexibility index (Phi) is 143. The third-order valence-corrected chi connectivity index (χ3v) is 1.81. The van der Waals surface area contributed by atoms with Gasteiger partial charge in [-0.05, 0) is 12.3 Å². The van der Waals surface area contributed by atoms with Crippen LogP contribution in [0.5, 0.6) is 0 Å². The molecule has 0 aromatic heterocycles. The highest BCUT2D eigenvalue weighted by molar-refractivity contribution is 4.87. The zero-order chi connectivity index (χ0) is 21.4. The first-order chi connectivity index (χ1) is 11.6. The topological polar surface area (TPSA) is 20.2 Å². The molecule has 0 aliphatic rings. The van der Waals surface area contributed by atoms with Crippen molar-refractivity contribution in [1.29, 1.82) is 0 Å². The Labute approximate surface area is 159 Å². The summed E-state index contributed by atoms with van der Waals surface area (Å²) >= 11 is 0. The molecule has 24 heavy (non-hydrogen) atoms. The molecule has 1 heteroatoms. The number of terminal acetylenes is 1. The zero-order valence-electron chi connectivity index (χ0n) is 20.2. The molecule has 0 aliphatic carbocycles. The Morgan fingerprint density at radius 2 is 1.08 bits per heavy atom. The summed E-state index contributed by atoms with van der Waals surface area (Å²) in [5, 5.41) is 9.30. The van der Waals surface area contributed by atoms with E-state index in [-0.39, 0.29) is 6.10 Å². The van der Waals surface area contributed by atoms with Gasteiger partial charge < -0.3 is 5.11 Å². The van der Waals surface area contributed by atoms with E-state index in [2.05, 4.69) is 33.6 Å². The minimum absolute atomic E-state index is 0.290. The van der Waals surface area contributed by atoms with Crippen LogP contribution in [0.4, 0.5) is 0 Å². The average molecular weight is 349 g/mol. The molecular formula is C23H56O. The lowest BCUT2D eigenvalue weighted by Gasteiger charge is -2.13. The molecule has 0 heterocycles. The minimum Gasteiger partial charge on any atom is -0.392 e. The highest BCUT2D eigenvalue weighted by atomic mass is 16.3. The molecule has 2 atom stereocenters. The second-order valence-corrected chi connectivity index (χ2v) is 3.90. The van der Waals surface area contributed by atoms with Crippen LogP contribution in [-0.2, 0) is 0 Å². The van der Waals surface area contributed by atoms with Crippen LogP contribution in [0.3, 0.4) is 0 Å². The van der Waals surface area contributed by atoms with Crippen molar-refractivity contribution in [2.75, 3.05) is 0 Å². The van der Waals surface area contributed by atoms with Gasteiger partial charge >= 0.3 is 0 Å². The summed E-state index contributed by atoms with van der Waals surface area (Å²) in [4.78, 5) is 0. The molecule has 0 rings (SSSR count). The third kappa shape index (κ3) is 100.0. The van der Waals surface area contributed by atoms with E-state index < -0.39 is 0 Å². The van der Waals surface area contributed by atoms with Crippen LogP contribution in [0.1, 0.15) is 129 Å². The Morgan fingerprint density at radius 3 is 1.29 bits per heavy atom. The fraction of sp³-hybridized carbons (Fsp3) is 0.913. The smallest absolute Gasteiger partial charge is 0.0651 e. The molecule has 0 saturated carbocycles. The maximum absolute atomic E-state index is 9.30. The Balaban J connectivity index is -0.0000000371. The van der Waals surface area contributed by atoms with E-state index >= 15 is 0 Å². The summed E-state index contributed by atoms with van der Waals surface area (Å²) in [6, 6.07) is 0. The molecule has 0 fully saturated rings. The van der Waals surface area contributed by atoms with E-state index in [9.17, 15) is 5.11 Å². The zero-order valence-corrected chi connectivity index (χ0v) is 20.2. The van der Waals surface area contributed by atoms with Crippen molar-refractivity contribution in [2.24, 2.45) is 5.92 Å². The molecule has 1 nitrogen and oxygen atoms in total. The SMILES string of the molecule is C#CCC(O)CC(C)CCC.CC.CC.CC.CC.CC.CCC. The quantitative estimate of drug-likeness (QED) is 0.492.